The number of halogens is 1. The van der Waals surface area contributed by atoms with E-state index in [1.165, 1.54) is 0 Å². The van der Waals surface area contributed by atoms with Crippen molar-refractivity contribution >= 4 is 26.7 Å². The minimum Gasteiger partial charge on any atom is -0.386 e. The van der Waals surface area contributed by atoms with Gasteiger partial charge in [-0.2, -0.15) is 8.42 Å². The van der Waals surface area contributed by atoms with Gasteiger partial charge in [-0.05, 0) is 35.4 Å². The predicted molar refractivity (Wildman–Crippen MR) is 113 cm³/mol. The number of nitrogens with zero attached hydrogens (tertiary/aromatic N) is 1. The van der Waals surface area contributed by atoms with Crippen LogP contribution in [-0.4, -0.2) is 24.2 Å². The summed E-state index contributed by atoms with van der Waals surface area (Å²) in [5.41, 5.74) is 7.48. The summed E-state index contributed by atoms with van der Waals surface area (Å²) in [6, 6.07) is 22.8. The predicted octanol–water partition coefficient (Wildman–Crippen LogP) is 3.41. The second kappa shape index (κ2) is 9.11. The number of amidine groups is 1. The number of hydrogen-bond donors (Lipinski definition) is 1. The quantitative estimate of drug-likeness (QED) is 0.459. The van der Waals surface area contributed by atoms with Crippen molar-refractivity contribution in [3.8, 4) is 0 Å². The minimum absolute atomic E-state index is 0.185. The largest absolute Gasteiger partial charge is 0.386 e. The van der Waals surface area contributed by atoms with E-state index in [4.69, 9.17) is 5.73 Å². The van der Waals surface area contributed by atoms with E-state index in [9.17, 15) is 17.0 Å². The van der Waals surface area contributed by atoms with Gasteiger partial charge < -0.3 is 5.73 Å². The van der Waals surface area contributed by atoms with Gasteiger partial charge in [0.25, 0.3) is 10.0 Å². The van der Waals surface area contributed by atoms with Crippen molar-refractivity contribution in [2.45, 2.75) is 10.1 Å². The van der Waals surface area contributed by atoms with E-state index in [1.54, 1.807) is 0 Å². The molecule has 0 saturated carbocycles. The first-order valence-electron chi connectivity index (χ1n) is 8.69. The number of rotatable bonds is 7. The van der Waals surface area contributed by atoms with Crippen molar-refractivity contribution in [3.05, 3.63) is 102 Å². The van der Waals surface area contributed by atoms with Gasteiger partial charge in [0.2, 0.25) is 0 Å². The fourth-order valence-corrected chi connectivity index (χ4v) is 5.31. The van der Waals surface area contributed by atoms with Crippen LogP contribution in [0.25, 0.3) is 0 Å². The molecule has 3 aromatic carbocycles. The van der Waals surface area contributed by atoms with E-state index in [0.717, 1.165) is 35.4 Å². The zero-order valence-corrected chi connectivity index (χ0v) is 16.9. The van der Waals surface area contributed by atoms with Crippen LogP contribution in [0.3, 0.4) is 0 Å². The molecule has 0 aromatic heterocycles. The van der Waals surface area contributed by atoms with Gasteiger partial charge in [-0.3, -0.25) is 4.21 Å². The monoisotopic (exact) mass is 430 g/mol. The highest BCUT2D eigenvalue weighted by Crippen LogP contribution is 2.28. The van der Waals surface area contributed by atoms with Gasteiger partial charge in [-0.15, -0.1) is 4.40 Å². The average molecular weight is 431 g/mol. The molecule has 1 atom stereocenters. The van der Waals surface area contributed by atoms with E-state index in [-0.39, 0.29) is 16.5 Å². The maximum atomic E-state index is 13.1. The van der Waals surface area contributed by atoms with E-state index >= 15 is 0 Å². The molecule has 0 aliphatic rings. The molecular formula is C21H19FN2O3S2. The lowest BCUT2D eigenvalue weighted by molar-refractivity contribution is 0.596. The zero-order chi connectivity index (χ0) is 20.9. The molecule has 3 aromatic rings. The van der Waals surface area contributed by atoms with Gasteiger partial charge in [-0.1, -0.05) is 60.7 Å². The zero-order valence-electron chi connectivity index (χ0n) is 15.3. The van der Waals surface area contributed by atoms with Gasteiger partial charge in [0.05, 0.1) is 15.9 Å². The Morgan fingerprint density at radius 2 is 1.38 bits per heavy atom. The molecule has 0 spiro atoms. The van der Waals surface area contributed by atoms with Crippen molar-refractivity contribution in [2.75, 3.05) is 5.75 Å². The maximum absolute atomic E-state index is 13.1. The normalized spacial score (nSPS) is 13.4. The number of sulfonamides is 1. The SMILES string of the molecule is N/C(CS(=O)C(c1ccccc1)c1ccccc1)=N\S(=O)(=O)c1ccc(F)cc1. The summed E-state index contributed by atoms with van der Waals surface area (Å²) in [6.07, 6.45) is 0. The molecule has 150 valence electrons. The number of benzene rings is 3. The summed E-state index contributed by atoms with van der Waals surface area (Å²) in [6.45, 7) is 0. The van der Waals surface area contributed by atoms with Gasteiger partial charge in [0, 0.05) is 10.8 Å². The van der Waals surface area contributed by atoms with Gasteiger partial charge in [0.15, 0.2) is 0 Å². The Morgan fingerprint density at radius 1 is 0.897 bits per heavy atom. The van der Waals surface area contributed by atoms with Crippen molar-refractivity contribution < 1.29 is 17.0 Å². The first kappa shape index (κ1) is 20.9. The molecule has 3 rings (SSSR count). The van der Waals surface area contributed by atoms with Crippen LogP contribution in [0.5, 0.6) is 0 Å². The van der Waals surface area contributed by atoms with Crippen molar-refractivity contribution in [1.29, 1.82) is 0 Å². The minimum atomic E-state index is -4.12. The lowest BCUT2D eigenvalue weighted by atomic mass is 10.0. The molecule has 0 radical (unpaired) electrons. The van der Waals surface area contributed by atoms with Crippen molar-refractivity contribution in [3.63, 3.8) is 0 Å². The van der Waals surface area contributed by atoms with Crippen molar-refractivity contribution in [2.24, 2.45) is 10.1 Å². The molecular weight excluding hydrogens is 411 g/mol. The maximum Gasteiger partial charge on any atom is 0.283 e. The highest BCUT2D eigenvalue weighted by atomic mass is 32.2. The topological polar surface area (TPSA) is 89.6 Å². The highest BCUT2D eigenvalue weighted by molar-refractivity contribution is 7.90. The Bertz CT molecular complexity index is 1080. The van der Waals surface area contributed by atoms with Crippen LogP contribution in [0.15, 0.2) is 94.2 Å². The molecule has 8 heteroatoms. The molecule has 0 amide bonds. The molecule has 29 heavy (non-hydrogen) atoms. The molecule has 0 fully saturated rings. The van der Waals surface area contributed by atoms with Crippen LogP contribution in [0.1, 0.15) is 16.4 Å². The number of nitrogens with two attached hydrogens (primary N) is 1. The molecule has 1 unspecified atom stereocenters. The molecule has 0 heterocycles. The summed E-state index contributed by atoms with van der Waals surface area (Å²) < 4.78 is 54.4. The molecule has 0 saturated heterocycles. The van der Waals surface area contributed by atoms with E-state index in [0.29, 0.717) is 0 Å². The van der Waals surface area contributed by atoms with E-state index < -0.39 is 31.9 Å². The third kappa shape index (κ3) is 5.36. The fraction of sp³-hybridized carbons (Fsp3) is 0.0952. The molecule has 0 bridgehead atoms. The van der Waals surface area contributed by atoms with Crippen LogP contribution in [-0.2, 0) is 20.8 Å². The Balaban J connectivity index is 1.87. The van der Waals surface area contributed by atoms with Gasteiger partial charge in [0.1, 0.15) is 11.7 Å². The third-order valence-electron chi connectivity index (χ3n) is 4.11. The van der Waals surface area contributed by atoms with E-state index in [2.05, 4.69) is 4.40 Å². The number of hydrogen-bond acceptors (Lipinski definition) is 3. The average Bonchev–Trinajstić information content (AvgIpc) is 2.69. The van der Waals surface area contributed by atoms with Crippen molar-refractivity contribution in [1.82, 2.24) is 0 Å². The smallest absolute Gasteiger partial charge is 0.283 e. The standard InChI is InChI=1S/C21H19FN2O3S2/c22-18-11-13-19(14-12-18)29(26,27)24-20(23)15-28(25)21(16-7-3-1-4-8-16)17-9-5-2-6-10-17/h1-14,21H,15H2,(H2,23,24). The van der Waals surface area contributed by atoms with Crippen LogP contribution >= 0.6 is 0 Å². The second-order valence-electron chi connectivity index (χ2n) is 6.24. The highest BCUT2D eigenvalue weighted by Gasteiger charge is 2.23. The lowest BCUT2D eigenvalue weighted by Gasteiger charge is -2.17. The third-order valence-corrected chi connectivity index (χ3v) is 7.10. The molecule has 2 N–H and O–H groups in total. The Labute approximate surface area is 171 Å². The van der Waals surface area contributed by atoms with Crippen LogP contribution in [0.2, 0.25) is 0 Å². The molecule has 0 aliphatic heterocycles. The Morgan fingerprint density at radius 3 is 1.86 bits per heavy atom. The van der Waals surface area contributed by atoms with E-state index in [1.807, 2.05) is 60.7 Å². The summed E-state index contributed by atoms with van der Waals surface area (Å²) >= 11 is 0. The van der Waals surface area contributed by atoms with Gasteiger partial charge in [-0.25, -0.2) is 4.39 Å². The lowest BCUT2D eigenvalue weighted by Crippen LogP contribution is -2.25. The van der Waals surface area contributed by atoms with Crippen LogP contribution in [0.4, 0.5) is 4.39 Å². The summed E-state index contributed by atoms with van der Waals surface area (Å²) in [4.78, 5) is -0.185. The summed E-state index contributed by atoms with van der Waals surface area (Å²) in [7, 11) is -5.68. The second-order valence-corrected chi connectivity index (χ2v) is 9.36. The fourth-order valence-electron chi connectivity index (χ4n) is 2.82. The first-order valence-corrected chi connectivity index (χ1v) is 11.5. The summed E-state index contributed by atoms with van der Waals surface area (Å²) in [5.74, 6) is -1.06. The Kier molecular flexibility index (Phi) is 6.56. The summed E-state index contributed by atoms with van der Waals surface area (Å²) in [5, 5.41) is -0.486. The molecule has 5 nitrogen and oxygen atoms in total. The van der Waals surface area contributed by atoms with Crippen LogP contribution in [0, 0.1) is 5.82 Å². The Hall–Kier alpha value is -2.84. The first-order chi connectivity index (χ1) is 13.9. The van der Waals surface area contributed by atoms with Crippen LogP contribution < -0.4 is 5.73 Å². The molecule has 0 aliphatic carbocycles. The van der Waals surface area contributed by atoms with Gasteiger partial charge >= 0.3 is 0 Å².